The van der Waals surface area contributed by atoms with Gasteiger partial charge in [0.25, 0.3) is 0 Å². The fraction of sp³-hybridized carbons (Fsp3) is 0.625. The summed E-state index contributed by atoms with van der Waals surface area (Å²) in [5.41, 5.74) is 7.14. The van der Waals surface area contributed by atoms with Crippen molar-refractivity contribution in [2.45, 2.75) is 50.7 Å². The van der Waals surface area contributed by atoms with E-state index in [0.29, 0.717) is 29.9 Å². The SMILES string of the molecule is N#Cc1ccccc1CN1CCSCC1C(=O)NC1C2CC3CC1CC(C(N)=O)(C3)C2. The number of hydrogen-bond donors (Lipinski definition) is 2. The van der Waals surface area contributed by atoms with Gasteiger partial charge in [-0.05, 0) is 61.5 Å². The molecule has 1 heterocycles. The Labute approximate surface area is 187 Å². The van der Waals surface area contributed by atoms with Crippen LogP contribution in [0.15, 0.2) is 24.3 Å². The maximum Gasteiger partial charge on any atom is 0.238 e. The predicted octanol–water partition coefficient (Wildman–Crippen LogP) is 2.27. The van der Waals surface area contributed by atoms with Crippen LogP contribution < -0.4 is 11.1 Å². The zero-order valence-corrected chi connectivity index (χ0v) is 18.6. The van der Waals surface area contributed by atoms with E-state index in [9.17, 15) is 14.9 Å². The number of nitrogens with one attached hydrogen (secondary N) is 1. The Hall–Kier alpha value is -2.04. The van der Waals surface area contributed by atoms with Gasteiger partial charge in [-0.15, -0.1) is 0 Å². The molecule has 3 unspecified atom stereocenters. The highest BCUT2D eigenvalue weighted by atomic mass is 32.2. The van der Waals surface area contributed by atoms with Gasteiger partial charge in [0.15, 0.2) is 0 Å². The number of carbonyl (C=O) groups excluding carboxylic acids is 2. The van der Waals surface area contributed by atoms with Crippen molar-refractivity contribution >= 4 is 23.6 Å². The minimum atomic E-state index is -0.328. The number of hydrogen-bond acceptors (Lipinski definition) is 5. The lowest BCUT2D eigenvalue weighted by Crippen LogP contribution is -2.64. The summed E-state index contributed by atoms with van der Waals surface area (Å²) in [6.07, 6.45) is 4.82. The van der Waals surface area contributed by atoms with Gasteiger partial charge in [0, 0.05) is 36.1 Å². The summed E-state index contributed by atoms with van der Waals surface area (Å²) in [6.45, 7) is 1.46. The van der Waals surface area contributed by atoms with Crippen LogP contribution in [0.4, 0.5) is 0 Å². The number of carbonyl (C=O) groups is 2. The fourth-order valence-corrected chi connectivity index (χ4v) is 7.99. The first-order valence-electron chi connectivity index (χ1n) is 11.4. The Morgan fingerprint density at radius 2 is 1.97 bits per heavy atom. The second-order valence-electron chi connectivity index (χ2n) is 9.98. The van der Waals surface area contributed by atoms with Crippen LogP contribution in [0.5, 0.6) is 0 Å². The number of nitrogens with two attached hydrogens (primary N) is 1. The van der Waals surface area contributed by atoms with Crippen molar-refractivity contribution in [3.63, 3.8) is 0 Å². The highest BCUT2D eigenvalue weighted by Gasteiger charge is 2.58. The maximum atomic E-state index is 13.4. The Morgan fingerprint density at radius 1 is 1.23 bits per heavy atom. The van der Waals surface area contributed by atoms with Crippen LogP contribution in [0.25, 0.3) is 0 Å². The smallest absolute Gasteiger partial charge is 0.238 e. The second-order valence-corrected chi connectivity index (χ2v) is 11.1. The second kappa shape index (κ2) is 8.14. The summed E-state index contributed by atoms with van der Waals surface area (Å²) in [5.74, 6) is 3.06. The first-order chi connectivity index (χ1) is 15.0. The monoisotopic (exact) mass is 438 g/mol. The molecule has 6 nitrogen and oxygen atoms in total. The molecule has 3 atom stereocenters. The number of thioether (sulfide) groups is 1. The van der Waals surface area contributed by atoms with E-state index in [1.165, 1.54) is 0 Å². The lowest BCUT2D eigenvalue weighted by atomic mass is 9.47. The lowest BCUT2D eigenvalue weighted by Gasteiger charge is -2.59. The van der Waals surface area contributed by atoms with Crippen molar-refractivity contribution in [2.75, 3.05) is 18.1 Å². The number of rotatable bonds is 5. The molecule has 3 N–H and O–H groups in total. The molecule has 7 heteroatoms. The van der Waals surface area contributed by atoms with Crippen molar-refractivity contribution in [1.29, 1.82) is 5.26 Å². The van der Waals surface area contributed by atoms with E-state index in [1.54, 1.807) is 0 Å². The van der Waals surface area contributed by atoms with Crippen LogP contribution in [0, 0.1) is 34.5 Å². The molecular formula is C24H30N4O2S. The quantitative estimate of drug-likeness (QED) is 0.735. The molecule has 1 aromatic carbocycles. The van der Waals surface area contributed by atoms with Gasteiger partial charge < -0.3 is 11.1 Å². The van der Waals surface area contributed by atoms with Crippen molar-refractivity contribution < 1.29 is 9.59 Å². The van der Waals surface area contributed by atoms with E-state index in [1.807, 2.05) is 36.0 Å². The van der Waals surface area contributed by atoms with Gasteiger partial charge in [0.05, 0.1) is 17.7 Å². The summed E-state index contributed by atoms with van der Waals surface area (Å²) in [6, 6.07) is 9.90. The molecule has 1 aliphatic heterocycles. The molecule has 0 spiro atoms. The topological polar surface area (TPSA) is 99.2 Å². The Bertz CT molecular complexity index is 912. The van der Waals surface area contributed by atoms with Crippen LogP contribution in [0.3, 0.4) is 0 Å². The van der Waals surface area contributed by atoms with Gasteiger partial charge >= 0.3 is 0 Å². The number of nitriles is 1. The maximum absolute atomic E-state index is 13.4. The molecule has 1 saturated heterocycles. The van der Waals surface area contributed by atoms with Gasteiger partial charge in [-0.3, -0.25) is 14.5 Å². The van der Waals surface area contributed by atoms with Crippen LogP contribution in [0.2, 0.25) is 0 Å². The third-order valence-electron chi connectivity index (χ3n) is 8.16. The van der Waals surface area contributed by atoms with Crippen molar-refractivity contribution in [3.8, 4) is 6.07 Å². The number of primary amides is 1. The molecule has 164 valence electrons. The zero-order chi connectivity index (χ0) is 21.6. The molecule has 0 aromatic heterocycles. The van der Waals surface area contributed by atoms with Crippen molar-refractivity contribution in [2.24, 2.45) is 28.9 Å². The van der Waals surface area contributed by atoms with E-state index in [0.717, 1.165) is 55.7 Å². The minimum absolute atomic E-state index is 0.104. The molecule has 4 aliphatic carbocycles. The lowest BCUT2D eigenvalue weighted by molar-refractivity contribution is -0.148. The van der Waals surface area contributed by atoms with Gasteiger partial charge in [0.2, 0.25) is 11.8 Å². The van der Waals surface area contributed by atoms with Crippen LogP contribution in [-0.4, -0.2) is 46.8 Å². The average molecular weight is 439 g/mol. The van der Waals surface area contributed by atoms with E-state index in [4.69, 9.17) is 5.73 Å². The van der Waals surface area contributed by atoms with Gasteiger partial charge in [0.1, 0.15) is 0 Å². The summed E-state index contributed by atoms with van der Waals surface area (Å²) in [4.78, 5) is 27.9. The molecule has 31 heavy (non-hydrogen) atoms. The first kappa shape index (κ1) is 20.8. The minimum Gasteiger partial charge on any atom is -0.369 e. The van der Waals surface area contributed by atoms with Gasteiger partial charge in [-0.2, -0.15) is 17.0 Å². The molecule has 5 aliphatic rings. The van der Waals surface area contributed by atoms with Crippen molar-refractivity contribution in [1.82, 2.24) is 10.2 Å². The molecular weight excluding hydrogens is 408 g/mol. The average Bonchev–Trinajstić information content (AvgIpc) is 2.76. The Balaban J connectivity index is 1.29. The van der Waals surface area contributed by atoms with Crippen LogP contribution >= 0.6 is 11.8 Å². The summed E-state index contributed by atoms with van der Waals surface area (Å²) in [5, 5.41) is 12.9. The number of amides is 2. The molecule has 1 aromatic rings. The third kappa shape index (κ3) is 3.74. The summed E-state index contributed by atoms with van der Waals surface area (Å²) in [7, 11) is 0. The highest BCUT2D eigenvalue weighted by Crippen LogP contribution is 2.59. The largest absolute Gasteiger partial charge is 0.369 e. The number of benzene rings is 1. The number of nitrogens with zero attached hydrogens (tertiary/aromatic N) is 2. The van der Waals surface area contributed by atoms with E-state index >= 15 is 0 Å². The molecule has 6 rings (SSSR count). The normalized spacial score (nSPS) is 36.7. The standard InChI is InChI=1S/C24H30N4O2S/c25-12-16-3-1-2-4-17(16)13-28-5-6-31-14-20(28)22(29)27-21-18-7-15-8-19(21)11-24(9-15,10-18)23(26)30/h1-4,15,18-21H,5-11,13-14H2,(H2,26,30)(H,27,29). The first-order valence-corrected chi connectivity index (χ1v) is 12.5. The highest BCUT2D eigenvalue weighted by molar-refractivity contribution is 7.99. The zero-order valence-electron chi connectivity index (χ0n) is 17.8. The molecule has 5 fully saturated rings. The molecule has 4 bridgehead atoms. The van der Waals surface area contributed by atoms with Crippen molar-refractivity contribution in [3.05, 3.63) is 35.4 Å². The third-order valence-corrected chi connectivity index (χ3v) is 9.18. The van der Waals surface area contributed by atoms with E-state index in [2.05, 4.69) is 16.3 Å². The fourth-order valence-electron chi connectivity index (χ4n) is 6.88. The Kier molecular flexibility index (Phi) is 5.47. The summed E-state index contributed by atoms with van der Waals surface area (Å²) >= 11 is 1.82. The predicted molar refractivity (Wildman–Crippen MR) is 120 cm³/mol. The summed E-state index contributed by atoms with van der Waals surface area (Å²) < 4.78 is 0. The van der Waals surface area contributed by atoms with Gasteiger partial charge in [-0.1, -0.05) is 18.2 Å². The van der Waals surface area contributed by atoms with Crippen LogP contribution in [-0.2, 0) is 16.1 Å². The van der Waals surface area contributed by atoms with Gasteiger partial charge in [-0.25, -0.2) is 0 Å². The Morgan fingerprint density at radius 3 is 2.68 bits per heavy atom. The van der Waals surface area contributed by atoms with Crippen LogP contribution in [0.1, 0.15) is 43.2 Å². The van der Waals surface area contributed by atoms with E-state index < -0.39 is 0 Å². The van der Waals surface area contributed by atoms with E-state index in [-0.39, 0.29) is 29.3 Å². The molecule has 2 amide bonds. The molecule has 4 saturated carbocycles. The molecule has 0 radical (unpaired) electrons.